The largest absolute Gasteiger partial charge is 0.497 e. The molecule has 0 fully saturated rings. The molecule has 2 aromatic heterocycles. The molecule has 0 atom stereocenters. The monoisotopic (exact) mass is 428 g/mol. The Labute approximate surface area is 148 Å². The molecule has 2 aromatic rings. The van der Waals surface area contributed by atoms with E-state index in [1.807, 2.05) is 43.2 Å². The Kier molecular flexibility index (Phi) is 7.75. The zero-order chi connectivity index (χ0) is 16.7. The second-order valence-corrected chi connectivity index (χ2v) is 5.98. The number of hydrogen-bond donors (Lipinski definition) is 0. The van der Waals surface area contributed by atoms with E-state index in [4.69, 9.17) is 4.74 Å². The zero-order valence-corrected chi connectivity index (χ0v) is 16.4. The molecule has 2 rings (SSSR count). The lowest BCUT2D eigenvalue weighted by atomic mass is 10.0. The number of fused-ring (bicyclic) bond motifs is 1. The molecule has 0 amide bonds. The van der Waals surface area contributed by atoms with Gasteiger partial charge in [0.15, 0.2) is 5.65 Å². The van der Waals surface area contributed by atoms with Gasteiger partial charge in [0.2, 0.25) is 0 Å². The van der Waals surface area contributed by atoms with Crippen LogP contribution >= 0.6 is 30.3 Å². The molecular formula is C17H21IN2OS. The predicted molar refractivity (Wildman–Crippen MR) is 107 cm³/mol. The molecule has 0 aromatic carbocycles. The Morgan fingerprint density at radius 3 is 2.68 bits per heavy atom. The van der Waals surface area contributed by atoms with Crippen LogP contribution in [0.15, 0.2) is 49.5 Å². The van der Waals surface area contributed by atoms with Gasteiger partial charge in [-0.25, -0.2) is 4.98 Å². The number of aryl methyl sites for hydroxylation is 1. The Morgan fingerprint density at radius 1 is 1.45 bits per heavy atom. The first-order valence-electron chi connectivity index (χ1n) is 6.95. The summed E-state index contributed by atoms with van der Waals surface area (Å²) in [5.74, 6) is 0.615. The van der Waals surface area contributed by atoms with Gasteiger partial charge in [0.25, 0.3) is 0 Å². The first-order chi connectivity index (χ1) is 10.6. The highest BCUT2D eigenvalue weighted by molar-refractivity contribution is 14.2. The van der Waals surface area contributed by atoms with Crippen LogP contribution in [0.4, 0.5) is 0 Å². The van der Waals surface area contributed by atoms with Crippen LogP contribution in [0.2, 0.25) is 0 Å². The lowest BCUT2D eigenvalue weighted by molar-refractivity contribution is 0.313. The lowest BCUT2D eigenvalue weighted by Crippen LogP contribution is -1.90. The van der Waals surface area contributed by atoms with Crippen molar-refractivity contribution in [3.63, 3.8) is 0 Å². The van der Waals surface area contributed by atoms with Crippen LogP contribution in [0.25, 0.3) is 16.6 Å². The highest BCUT2D eigenvalue weighted by atomic mass is 127. The van der Waals surface area contributed by atoms with Gasteiger partial charge in [0.05, 0.1) is 7.11 Å². The summed E-state index contributed by atoms with van der Waals surface area (Å²) in [4.78, 5) is 4.51. The zero-order valence-electron chi connectivity index (χ0n) is 13.4. The van der Waals surface area contributed by atoms with E-state index in [1.54, 1.807) is 22.3 Å². The summed E-state index contributed by atoms with van der Waals surface area (Å²) in [6, 6.07) is 2.13. The first-order valence-corrected chi connectivity index (χ1v) is 10.3. The van der Waals surface area contributed by atoms with Crippen LogP contribution in [0, 0.1) is 6.92 Å². The molecule has 118 valence electrons. The fourth-order valence-corrected chi connectivity index (χ4v) is 3.27. The van der Waals surface area contributed by atoms with E-state index >= 15 is 0 Å². The Hall–Kier alpha value is -1.21. The van der Waals surface area contributed by atoms with Gasteiger partial charge in [-0.3, -0.25) is 3.97 Å². The molecule has 0 spiro atoms. The van der Waals surface area contributed by atoms with Gasteiger partial charge in [0, 0.05) is 59.2 Å². The van der Waals surface area contributed by atoms with Crippen molar-refractivity contribution in [3.8, 4) is 0 Å². The molecule has 0 aliphatic heterocycles. The van der Waals surface area contributed by atoms with Crippen LogP contribution < -0.4 is 0 Å². The Bertz CT molecular complexity index is 704. The minimum Gasteiger partial charge on any atom is -0.497 e. The van der Waals surface area contributed by atoms with Gasteiger partial charge in [-0.1, -0.05) is 39.2 Å². The van der Waals surface area contributed by atoms with Crippen molar-refractivity contribution < 1.29 is 4.74 Å². The maximum absolute atomic E-state index is 5.29. The summed E-state index contributed by atoms with van der Waals surface area (Å²) >= 11 is 2.24. The number of nitrogens with zero attached hydrogens (tertiary/aromatic N) is 2. The number of pyridine rings is 1. The highest BCUT2D eigenvalue weighted by Gasteiger charge is 2.15. The topological polar surface area (TPSA) is 27.1 Å². The molecule has 0 N–H and O–H groups in total. The number of aromatic nitrogens is 2. The fourth-order valence-electron chi connectivity index (χ4n) is 2.01. The molecule has 0 saturated carbocycles. The fraction of sp³-hybridized carbons (Fsp3) is 0.235. The van der Waals surface area contributed by atoms with Gasteiger partial charge in [-0.05, 0) is 18.6 Å². The third kappa shape index (κ3) is 3.95. The average molecular weight is 428 g/mol. The van der Waals surface area contributed by atoms with Gasteiger partial charge in [-0.15, -0.1) is 0 Å². The van der Waals surface area contributed by atoms with Crippen LogP contribution in [0.3, 0.4) is 0 Å². The summed E-state index contributed by atoms with van der Waals surface area (Å²) in [7, 11) is 3.20. The quantitative estimate of drug-likeness (QED) is 0.335. The average Bonchev–Trinajstić information content (AvgIpc) is 2.91. The van der Waals surface area contributed by atoms with Gasteiger partial charge >= 0.3 is 0 Å². The molecule has 0 saturated heterocycles. The van der Waals surface area contributed by atoms with Crippen LogP contribution in [-0.4, -0.2) is 16.1 Å². The van der Waals surface area contributed by atoms with Crippen molar-refractivity contribution in [1.29, 1.82) is 0 Å². The Balaban J connectivity index is 0.00000116. The standard InChI is InChI=1S/C15H15IN2OS.C2H6/c1-5-6-12(11(3)19-4)14-9-18(20-16)15-13(14)7-10(2)8-17-15;1-2/h5-9H,1,3H2,2,4H3;1-2H3/b12-6+;. The Morgan fingerprint density at radius 2 is 2.14 bits per heavy atom. The van der Waals surface area contributed by atoms with E-state index in [9.17, 15) is 0 Å². The minimum atomic E-state index is 0.615. The van der Waals surface area contributed by atoms with E-state index in [0.717, 1.165) is 27.7 Å². The van der Waals surface area contributed by atoms with Crippen molar-refractivity contribution in [3.05, 3.63) is 60.7 Å². The molecule has 0 aliphatic rings. The molecule has 22 heavy (non-hydrogen) atoms. The normalized spacial score (nSPS) is 10.9. The van der Waals surface area contributed by atoms with Crippen molar-refractivity contribution in [1.82, 2.24) is 8.96 Å². The summed E-state index contributed by atoms with van der Waals surface area (Å²) in [6.07, 6.45) is 7.57. The smallest absolute Gasteiger partial charge is 0.151 e. The van der Waals surface area contributed by atoms with Gasteiger partial charge in [0.1, 0.15) is 5.76 Å². The number of allylic oxidation sites excluding steroid dienone is 3. The molecule has 0 radical (unpaired) electrons. The van der Waals surface area contributed by atoms with Gasteiger partial charge in [-0.2, -0.15) is 0 Å². The first kappa shape index (κ1) is 18.8. The van der Waals surface area contributed by atoms with E-state index in [0.29, 0.717) is 5.76 Å². The predicted octanol–water partition coefficient (Wildman–Crippen LogP) is 5.95. The summed E-state index contributed by atoms with van der Waals surface area (Å²) in [6.45, 7) is 13.8. The molecular weight excluding hydrogens is 407 g/mol. The molecule has 2 heterocycles. The molecule has 0 unspecified atom stereocenters. The van der Waals surface area contributed by atoms with Gasteiger partial charge < -0.3 is 4.74 Å². The maximum atomic E-state index is 5.29. The van der Waals surface area contributed by atoms with Crippen molar-refractivity contribution >= 4 is 46.9 Å². The van der Waals surface area contributed by atoms with Crippen molar-refractivity contribution in [2.45, 2.75) is 20.8 Å². The van der Waals surface area contributed by atoms with E-state index in [2.05, 4.69) is 45.4 Å². The SMILES string of the molecule is C=C/C=C(\C(=C)OC)c1cn(SI)c2ncc(C)cc12.CC. The summed E-state index contributed by atoms with van der Waals surface area (Å²) in [5, 5.41) is 1.08. The number of methoxy groups -OCH3 is 1. The maximum Gasteiger partial charge on any atom is 0.151 e. The van der Waals surface area contributed by atoms with Crippen molar-refractivity contribution in [2.75, 3.05) is 7.11 Å². The summed E-state index contributed by atoms with van der Waals surface area (Å²) < 4.78 is 7.32. The molecule has 0 bridgehead atoms. The van der Waals surface area contributed by atoms with Crippen molar-refractivity contribution in [2.24, 2.45) is 0 Å². The molecule has 5 heteroatoms. The molecule has 3 nitrogen and oxygen atoms in total. The number of halogens is 1. The minimum absolute atomic E-state index is 0.615. The highest BCUT2D eigenvalue weighted by Crippen LogP contribution is 2.34. The molecule has 0 aliphatic carbocycles. The lowest BCUT2D eigenvalue weighted by Gasteiger charge is -2.08. The third-order valence-corrected chi connectivity index (χ3v) is 4.64. The second-order valence-electron chi connectivity index (χ2n) is 4.26. The van der Waals surface area contributed by atoms with Crippen LogP contribution in [-0.2, 0) is 4.74 Å². The number of rotatable bonds is 5. The second kappa shape index (κ2) is 9.05. The van der Waals surface area contributed by atoms with E-state index < -0.39 is 0 Å². The van der Waals surface area contributed by atoms with E-state index in [-0.39, 0.29) is 0 Å². The summed E-state index contributed by atoms with van der Waals surface area (Å²) in [5.41, 5.74) is 4.02. The number of hydrogen-bond acceptors (Lipinski definition) is 3. The third-order valence-electron chi connectivity index (χ3n) is 2.94. The van der Waals surface area contributed by atoms with Crippen LogP contribution in [0.5, 0.6) is 0 Å². The van der Waals surface area contributed by atoms with Crippen LogP contribution in [0.1, 0.15) is 25.0 Å². The number of ether oxygens (including phenoxy) is 1. The van der Waals surface area contributed by atoms with E-state index in [1.165, 1.54) is 0 Å².